The molecule has 2 rings (SSSR count). The van der Waals surface area contributed by atoms with Gasteiger partial charge in [-0.15, -0.1) is 0 Å². The van der Waals surface area contributed by atoms with Crippen molar-refractivity contribution in [2.75, 3.05) is 7.11 Å². The molecule has 1 aromatic rings. The average molecular weight is 174 g/mol. The van der Waals surface area contributed by atoms with Crippen LogP contribution in [-0.2, 0) is 11.2 Å². The van der Waals surface area contributed by atoms with Gasteiger partial charge < -0.3 is 4.74 Å². The standard InChI is InChI=1S/C11H10O2/c1-13-11-5-3-8-2-4-10(12)6-9(8)7-11/h2-5,7H,6H2,1H3. The minimum atomic E-state index is 0.153. The third-order valence-corrected chi connectivity index (χ3v) is 2.16. The highest BCUT2D eigenvalue weighted by atomic mass is 16.5. The zero-order chi connectivity index (χ0) is 9.26. The van der Waals surface area contributed by atoms with Gasteiger partial charge in [0.25, 0.3) is 0 Å². The van der Waals surface area contributed by atoms with Crippen LogP contribution < -0.4 is 4.74 Å². The average Bonchev–Trinajstić information content (AvgIpc) is 2.16. The molecule has 1 aliphatic carbocycles. The molecule has 0 heterocycles. The normalized spacial score (nSPS) is 14.1. The molecule has 2 nitrogen and oxygen atoms in total. The molecule has 0 unspecified atom stereocenters. The van der Waals surface area contributed by atoms with Gasteiger partial charge in [0.2, 0.25) is 0 Å². The molecular weight excluding hydrogens is 164 g/mol. The Kier molecular flexibility index (Phi) is 1.89. The summed E-state index contributed by atoms with van der Waals surface area (Å²) in [5.74, 6) is 0.961. The molecule has 0 bridgehead atoms. The maximum absolute atomic E-state index is 11.1. The van der Waals surface area contributed by atoms with E-state index in [4.69, 9.17) is 4.74 Å². The van der Waals surface area contributed by atoms with Crippen molar-refractivity contribution in [2.24, 2.45) is 0 Å². The molecule has 0 amide bonds. The Bertz CT molecular complexity index is 378. The summed E-state index contributed by atoms with van der Waals surface area (Å²) in [5, 5.41) is 0. The highest BCUT2D eigenvalue weighted by Gasteiger charge is 2.10. The third kappa shape index (κ3) is 1.47. The zero-order valence-electron chi connectivity index (χ0n) is 7.41. The molecule has 0 radical (unpaired) electrons. The number of allylic oxidation sites excluding steroid dienone is 1. The number of ketones is 1. The first-order valence-corrected chi connectivity index (χ1v) is 4.17. The number of rotatable bonds is 1. The molecule has 0 saturated carbocycles. The first-order valence-electron chi connectivity index (χ1n) is 4.17. The van der Waals surface area contributed by atoms with Crippen molar-refractivity contribution >= 4 is 11.9 Å². The van der Waals surface area contributed by atoms with E-state index >= 15 is 0 Å². The van der Waals surface area contributed by atoms with Crippen LogP contribution in [0.25, 0.3) is 6.08 Å². The molecule has 0 N–H and O–H groups in total. The van der Waals surface area contributed by atoms with Gasteiger partial charge in [-0.2, -0.15) is 0 Å². The summed E-state index contributed by atoms with van der Waals surface area (Å²) >= 11 is 0. The Morgan fingerprint density at radius 3 is 2.92 bits per heavy atom. The quantitative estimate of drug-likeness (QED) is 0.649. The lowest BCUT2D eigenvalue weighted by Gasteiger charge is -2.10. The van der Waals surface area contributed by atoms with Crippen LogP contribution in [0.3, 0.4) is 0 Å². The summed E-state index contributed by atoms with van der Waals surface area (Å²) in [6.07, 6.45) is 3.96. The summed E-state index contributed by atoms with van der Waals surface area (Å²) in [5.41, 5.74) is 2.16. The van der Waals surface area contributed by atoms with Crippen LogP contribution >= 0.6 is 0 Å². The van der Waals surface area contributed by atoms with Crippen molar-refractivity contribution in [3.8, 4) is 5.75 Å². The second-order valence-electron chi connectivity index (χ2n) is 3.04. The monoisotopic (exact) mass is 174 g/mol. The summed E-state index contributed by atoms with van der Waals surface area (Å²) in [7, 11) is 1.63. The van der Waals surface area contributed by atoms with E-state index in [1.54, 1.807) is 13.2 Å². The number of ether oxygens (including phenoxy) is 1. The minimum absolute atomic E-state index is 0.153. The number of carbonyl (C=O) groups is 1. The lowest BCUT2D eigenvalue weighted by Crippen LogP contribution is -2.05. The van der Waals surface area contributed by atoms with Gasteiger partial charge in [0, 0.05) is 6.42 Å². The molecule has 0 spiro atoms. The molecule has 0 saturated heterocycles. The molecule has 1 aliphatic rings. The molecule has 1 aromatic carbocycles. The topological polar surface area (TPSA) is 26.3 Å². The lowest BCUT2D eigenvalue weighted by molar-refractivity contribution is -0.114. The first-order chi connectivity index (χ1) is 6.29. The molecule has 13 heavy (non-hydrogen) atoms. The van der Waals surface area contributed by atoms with E-state index in [-0.39, 0.29) is 5.78 Å². The van der Waals surface area contributed by atoms with Crippen LogP contribution in [0.5, 0.6) is 5.75 Å². The summed E-state index contributed by atoms with van der Waals surface area (Å²) < 4.78 is 5.08. The number of hydrogen-bond acceptors (Lipinski definition) is 2. The number of fused-ring (bicyclic) bond motifs is 1. The predicted molar refractivity (Wildman–Crippen MR) is 50.7 cm³/mol. The van der Waals surface area contributed by atoms with E-state index in [0.717, 1.165) is 16.9 Å². The van der Waals surface area contributed by atoms with E-state index in [0.29, 0.717) is 6.42 Å². The number of methoxy groups -OCH3 is 1. The van der Waals surface area contributed by atoms with Crippen LogP contribution in [0, 0.1) is 0 Å². The van der Waals surface area contributed by atoms with Crippen LogP contribution in [-0.4, -0.2) is 12.9 Å². The van der Waals surface area contributed by atoms with Gasteiger partial charge in [-0.25, -0.2) is 0 Å². The Morgan fingerprint density at radius 1 is 1.31 bits per heavy atom. The molecule has 0 aliphatic heterocycles. The maximum Gasteiger partial charge on any atom is 0.160 e. The number of carbonyl (C=O) groups excluding carboxylic acids is 1. The molecule has 2 heteroatoms. The van der Waals surface area contributed by atoms with Crippen molar-refractivity contribution < 1.29 is 9.53 Å². The molecule has 0 aromatic heterocycles. The molecular formula is C11H10O2. The van der Waals surface area contributed by atoms with Gasteiger partial charge >= 0.3 is 0 Å². The first kappa shape index (κ1) is 8.05. The summed E-state index contributed by atoms with van der Waals surface area (Å²) in [4.78, 5) is 11.1. The molecule has 66 valence electrons. The van der Waals surface area contributed by atoms with Crippen molar-refractivity contribution in [2.45, 2.75) is 6.42 Å². The van der Waals surface area contributed by atoms with Crippen molar-refractivity contribution in [1.29, 1.82) is 0 Å². The summed E-state index contributed by atoms with van der Waals surface area (Å²) in [6.45, 7) is 0. The van der Waals surface area contributed by atoms with Gasteiger partial charge in [0.05, 0.1) is 7.11 Å². The van der Waals surface area contributed by atoms with E-state index in [1.807, 2.05) is 24.3 Å². The van der Waals surface area contributed by atoms with Crippen LogP contribution in [0.4, 0.5) is 0 Å². The van der Waals surface area contributed by atoms with Crippen molar-refractivity contribution in [1.82, 2.24) is 0 Å². The maximum atomic E-state index is 11.1. The van der Waals surface area contributed by atoms with Gasteiger partial charge in [-0.1, -0.05) is 12.1 Å². The van der Waals surface area contributed by atoms with E-state index in [1.165, 1.54) is 0 Å². The fourth-order valence-corrected chi connectivity index (χ4v) is 1.45. The number of hydrogen-bond donors (Lipinski definition) is 0. The van der Waals surface area contributed by atoms with Gasteiger partial charge in [0.1, 0.15) is 5.75 Å². The van der Waals surface area contributed by atoms with Gasteiger partial charge in [-0.05, 0) is 29.3 Å². The van der Waals surface area contributed by atoms with Crippen LogP contribution in [0.15, 0.2) is 24.3 Å². The highest BCUT2D eigenvalue weighted by Crippen LogP contribution is 2.22. The Morgan fingerprint density at radius 2 is 2.15 bits per heavy atom. The SMILES string of the molecule is COc1ccc2c(c1)CC(=O)C=C2. The Balaban J connectivity index is 2.46. The van der Waals surface area contributed by atoms with E-state index < -0.39 is 0 Å². The predicted octanol–water partition coefficient (Wildman–Crippen LogP) is 1.83. The fourth-order valence-electron chi connectivity index (χ4n) is 1.45. The van der Waals surface area contributed by atoms with Crippen molar-refractivity contribution in [3.63, 3.8) is 0 Å². The lowest BCUT2D eigenvalue weighted by atomic mass is 9.96. The largest absolute Gasteiger partial charge is 0.497 e. The second-order valence-corrected chi connectivity index (χ2v) is 3.04. The van der Waals surface area contributed by atoms with Crippen LogP contribution in [0.1, 0.15) is 11.1 Å². The molecule has 0 fully saturated rings. The minimum Gasteiger partial charge on any atom is -0.497 e. The highest BCUT2D eigenvalue weighted by molar-refractivity contribution is 5.98. The Hall–Kier alpha value is -1.57. The molecule has 0 atom stereocenters. The third-order valence-electron chi connectivity index (χ3n) is 2.16. The van der Waals surface area contributed by atoms with Gasteiger partial charge in [0.15, 0.2) is 5.78 Å². The fraction of sp³-hybridized carbons (Fsp3) is 0.182. The van der Waals surface area contributed by atoms with E-state index in [9.17, 15) is 4.79 Å². The number of benzene rings is 1. The summed E-state index contributed by atoms with van der Waals surface area (Å²) in [6, 6.07) is 5.78. The van der Waals surface area contributed by atoms with Crippen molar-refractivity contribution in [3.05, 3.63) is 35.4 Å². The van der Waals surface area contributed by atoms with Gasteiger partial charge in [-0.3, -0.25) is 4.79 Å². The Labute approximate surface area is 76.8 Å². The van der Waals surface area contributed by atoms with E-state index in [2.05, 4.69) is 0 Å². The van der Waals surface area contributed by atoms with Crippen LogP contribution in [0.2, 0.25) is 0 Å². The zero-order valence-corrected chi connectivity index (χ0v) is 7.41. The second kappa shape index (κ2) is 3.05. The smallest absolute Gasteiger partial charge is 0.160 e.